The number of fused-ring (bicyclic) bond motifs is 2. The van der Waals surface area contributed by atoms with Crippen molar-refractivity contribution in [3.05, 3.63) is 139 Å². The zero-order valence-corrected chi connectivity index (χ0v) is 24.2. The van der Waals surface area contributed by atoms with Gasteiger partial charge >= 0.3 is 5.97 Å². The molecule has 1 aromatic heterocycles. The van der Waals surface area contributed by atoms with Crippen molar-refractivity contribution in [2.24, 2.45) is 4.99 Å². The molecule has 0 aliphatic carbocycles. The Balaban J connectivity index is 1.56. The number of carbonyl (C=O) groups is 2. The second-order valence-electron chi connectivity index (χ2n) is 9.94. The van der Waals surface area contributed by atoms with Gasteiger partial charge in [0.2, 0.25) is 0 Å². The fourth-order valence-corrected chi connectivity index (χ4v) is 6.54. The number of aromatic nitrogens is 1. The van der Waals surface area contributed by atoms with Crippen LogP contribution in [0.15, 0.2) is 107 Å². The lowest BCUT2D eigenvalue weighted by atomic mass is 9.96. The molecule has 8 nitrogen and oxygen atoms in total. The van der Waals surface area contributed by atoms with E-state index in [1.807, 2.05) is 0 Å². The number of esters is 1. The summed E-state index contributed by atoms with van der Waals surface area (Å²) in [6.07, 6.45) is 1.46. The lowest BCUT2D eigenvalue weighted by Gasteiger charge is -2.24. The molecule has 1 unspecified atom stereocenters. The average molecular weight is 596 g/mol. The number of thiazole rings is 1. The van der Waals surface area contributed by atoms with E-state index in [-0.39, 0.29) is 28.8 Å². The van der Waals surface area contributed by atoms with E-state index >= 15 is 0 Å². The van der Waals surface area contributed by atoms with E-state index < -0.39 is 29.3 Å². The molecule has 0 N–H and O–H groups in total. The van der Waals surface area contributed by atoms with Gasteiger partial charge < -0.3 is 14.4 Å². The Labute approximate surface area is 250 Å². The first-order valence-electron chi connectivity index (χ1n) is 13.5. The van der Waals surface area contributed by atoms with Gasteiger partial charge in [0.15, 0.2) is 4.80 Å². The van der Waals surface area contributed by atoms with Crippen LogP contribution in [-0.2, 0) is 20.9 Å². The summed E-state index contributed by atoms with van der Waals surface area (Å²) >= 11 is 1.08. The van der Waals surface area contributed by atoms with Gasteiger partial charge in [-0.15, -0.1) is 0 Å². The van der Waals surface area contributed by atoms with Crippen LogP contribution < -0.4 is 24.5 Å². The highest BCUT2D eigenvalue weighted by Crippen LogP contribution is 2.37. The Kier molecular flexibility index (Phi) is 7.37. The second kappa shape index (κ2) is 11.3. The third-order valence-electron chi connectivity index (χ3n) is 7.42. The van der Waals surface area contributed by atoms with E-state index in [0.29, 0.717) is 38.6 Å². The van der Waals surface area contributed by atoms with Gasteiger partial charge in [0, 0.05) is 11.1 Å². The van der Waals surface area contributed by atoms with Crippen LogP contribution in [-0.4, -0.2) is 30.2 Å². The second-order valence-corrected chi connectivity index (χ2v) is 10.9. The summed E-state index contributed by atoms with van der Waals surface area (Å²) in [4.78, 5) is 48.1. The van der Waals surface area contributed by atoms with Crippen LogP contribution >= 0.6 is 11.3 Å². The number of hydrogen-bond acceptors (Lipinski definition) is 7. The summed E-state index contributed by atoms with van der Waals surface area (Å²) in [5.41, 5.74) is 2.47. The van der Waals surface area contributed by atoms with E-state index in [0.717, 1.165) is 11.3 Å². The van der Waals surface area contributed by atoms with Crippen LogP contribution in [0, 0.1) is 5.82 Å². The number of amides is 1. The van der Waals surface area contributed by atoms with Gasteiger partial charge in [-0.1, -0.05) is 72.5 Å². The summed E-state index contributed by atoms with van der Waals surface area (Å²) in [6, 6.07) is 19.6. The predicted octanol–water partition coefficient (Wildman–Crippen LogP) is 4.03. The van der Waals surface area contributed by atoms with Crippen molar-refractivity contribution >= 4 is 34.5 Å². The molecule has 4 aromatic rings. The van der Waals surface area contributed by atoms with Gasteiger partial charge in [0.05, 0.1) is 42.2 Å². The number of para-hydroxylation sites is 1. The largest absolute Gasteiger partial charge is 0.497 e. The number of hydrogen-bond donors (Lipinski definition) is 0. The summed E-state index contributed by atoms with van der Waals surface area (Å²) in [5.74, 6) is -0.861. The quantitative estimate of drug-likeness (QED) is 0.238. The number of carbonyl (C=O) groups excluding carboxylic acids is 2. The van der Waals surface area contributed by atoms with E-state index in [4.69, 9.17) is 9.47 Å². The fraction of sp³-hybridized carbons (Fsp3) is 0.152. The highest BCUT2D eigenvalue weighted by molar-refractivity contribution is 7.07. The third kappa shape index (κ3) is 4.79. The molecule has 3 heterocycles. The lowest BCUT2D eigenvalue weighted by Crippen LogP contribution is -2.41. The standard InChI is InChI=1S/C33H26FN3O5S/c1-4-17-42-32(40)26-19(2)35-33-37(28(26)20-13-15-22(41-3)16-14-20)31(39)29(43-33)27-23-10-6-8-12-25(23)36(30(27)38)18-21-9-5-7-11-24(21)34/h4-16,28H,1,17-18H2,2-3H3. The predicted molar refractivity (Wildman–Crippen MR) is 161 cm³/mol. The normalized spacial score (nSPS) is 16.9. The average Bonchev–Trinajstić information content (AvgIpc) is 3.48. The Morgan fingerprint density at radius 3 is 2.51 bits per heavy atom. The third-order valence-corrected chi connectivity index (χ3v) is 8.47. The first kappa shape index (κ1) is 28.0. The van der Waals surface area contributed by atoms with Crippen molar-refractivity contribution in [1.29, 1.82) is 0 Å². The maximum absolute atomic E-state index is 14.6. The number of halogens is 1. The number of rotatable bonds is 7. The Morgan fingerprint density at radius 2 is 1.79 bits per heavy atom. The molecular formula is C33H26FN3O5S. The molecule has 0 fully saturated rings. The number of ether oxygens (including phenoxy) is 2. The Hall–Kier alpha value is -5.09. The van der Waals surface area contributed by atoms with Gasteiger partial charge in [0.1, 0.15) is 22.7 Å². The van der Waals surface area contributed by atoms with E-state index in [9.17, 15) is 18.8 Å². The SMILES string of the molecule is C=CCOC(=O)C1=C(C)N=c2sc(=C3C(=O)N(Cc4ccccc4F)c4ccccc43)c(=O)n2C1c1ccc(OC)cc1. The molecule has 0 spiro atoms. The number of allylic oxidation sites excluding steroid dienone is 1. The fourth-order valence-electron chi connectivity index (χ4n) is 5.40. The summed E-state index contributed by atoms with van der Waals surface area (Å²) in [5, 5.41) is 0. The summed E-state index contributed by atoms with van der Waals surface area (Å²) in [6.45, 7) is 5.28. The first-order chi connectivity index (χ1) is 20.8. The number of nitrogens with zero attached hydrogens (tertiary/aromatic N) is 3. The molecule has 10 heteroatoms. The lowest BCUT2D eigenvalue weighted by molar-refractivity contribution is -0.138. The van der Waals surface area contributed by atoms with Crippen LogP contribution in [0.2, 0.25) is 0 Å². The van der Waals surface area contributed by atoms with Crippen LogP contribution in [0.1, 0.15) is 29.7 Å². The minimum atomic E-state index is -0.866. The highest BCUT2D eigenvalue weighted by Gasteiger charge is 2.37. The smallest absolute Gasteiger partial charge is 0.338 e. The Bertz CT molecular complexity index is 2010. The maximum Gasteiger partial charge on any atom is 0.338 e. The molecule has 1 amide bonds. The molecular weight excluding hydrogens is 569 g/mol. The highest BCUT2D eigenvalue weighted by atomic mass is 32.1. The number of benzene rings is 3. The van der Waals surface area contributed by atoms with Gasteiger partial charge in [-0.3, -0.25) is 14.2 Å². The zero-order valence-electron chi connectivity index (χ0n) is 23.4. The van der Waals surface area contributed by atoms with Crippen molar-refractivity contribution in [2.75, 3.05) is 18.6 Å². The zero-order chi connectivity index (χ0) is 30.2. The molecule has 0 saturated heterocycles. The molecule has 1 atom stereocenters. The monoisotopic (exact) mass is 595 g/mol. The van der Waals surface area contributed by atoms with Crippen LogP contribution in [0.4, 0.5) is 10.1 Å². The van der Waals surface area contributed by atoms with E-state index in [1.165, 1.54) is 21.6 Å². The van der Waals surface area contributed by atoms with Crippen molar-refractivity contribution in [3.8, 4) is 5.75 Å². The number of anilines is 1. The molecule has 2 aliphatic rings. The van der Waals surface area contributed by atoms with Gasteiger partial charge in [0.25, 0.3) is 11.5 Å². The summed E-state index contributed by atoms with van der Waals surface area (Å²) in [7, 11) is 1.55. The molecule has 0 saturated carbocycles. The molecule has 0 bridgehead atoms. The molecule has 3 aromatic carbocycles. The topological polar surface area (TPSA) is 90.2 Å². The van der Waals surface area contributed by atoms with Gasteiger partial charge in [-0.2, -0.15) is 0 Å². The van der Waals surface area contributed by atoms with E-state index in [1.54, 1.807) is 80.8 Å². The minimum Gasteiger partial charge on any atom is -0.497 e. The summed E-state index contributed by atoms with van der Waals surface area (Å²) < 4.78 is 26.9. The van der Waals surface area contributed by atoms with E-state index in [2.05, 4.69) is 11.6 Å². The molecule has 0 radical (unpaired) electrons. The van der Waals surface area contributed by atoms with Crippen molar-refractivity contribution in [3.63, 3.8) is 0 Å². The van der Waals surface area contributed by atoms with Crippen molar-refractivity contribution in [1.82, 2.24) is 4.57 Å². The molecule has 43 heavy (non-hydrogen) atoms. The van der Waals surface area contributed by atoms with Gasteiger partial charge in [-0.05, 0) is 36.8 Å². The maximum atomic E-state index is 14.6. The first-order valence-corrected chi connectivity index (χ1v) is 14.3. The van der Waals surface area contributed by atoms with Crippen LogP contribution in [0.5, 0.6) is 5.75 Å². The van der Waals surface area contributed by atoms with Gasteiger partial charge in [-0.25, -0.2) is 14.2 Å². The van der Waals surface area contributed by atoms with Crippen molar-refractivity contribution in [2.45, 2.75) is 19.5 Å². The minimum absolute atomic E-state index is 0.00273. The molecule has 6 rings (SSSR count). The van der Waals surface area contributed by atoms with Crippen LogP contribution in [0.3, 0.4) is 0 Å². The number of methoxy groups -OCH3 is 1. The Morgan fingerprint density at radius 1 is 1.07 bits per heavy atom. The van der Waals surface area contributed by atoms with Crippen molar-refractivity contribution < 1.29 is 23.5 Å². The van der Waals surface area contributed by atoms with Crippen LogP contribution in [0.25, 0.3) is 5.57 Å². The molecule has 216 valence electrons. The molecule has 2 aliphatic heterocycles.